The van der Waals surface area contributed by atoms with Crippen molar-refractivity contribution in [3.8, 4) is 0 Å². The molecule has 1 N–H and O–H groups in total. The van der Waals surface area contributed by atoms with E-state index in [0.29, 0.717) is 6.61 Å². The van der Waals surface area contributed by atoms with Crippen molar-refractivity contribution in [3.63, 3.8) is 0 Å². The molecule has 136 valence electrons. The van der Waals surface area contributed by atoms with Crippen molar-refractivity contribution >= 4 is 11.6 Å². The van der Waals surface area contributed by atoms with Gasteiger partial charge in [-0.15, -0.1) is 0 Å². The van der Waals surface area contributed by atoms with Crippen LogP contribution in [0, 0.1) is 5.41 Å². The Morgan fingerprint density at radius 2 is 2.12 bits per heavy atom. The van der Waals surface area contributed by atoms with Gasteiger partial charge in [-0.25, -0.2) is 0 Å². The predicted molar refractivity (Wildman–Crippen MR) is 98.6 cm³/mol. The highest BCUT2D eigenvalue weighted by Gasteiger charge is 2.35. The molecule has 0 radical (unpaired) electrons. The summed E-state index contributed by atoms with van der Waals surface area (Å²) in [7, 11) is 1.66. The summed E-state index contributed by atoms with van der Waals surface area (Å²) in [5.74, 6) is 1.80. The Kier molecular flexibility index (Phi) is 6.18. The number of likely N-dealkylation sites (tertiary alicyclic amines) is 1. The molecule has 0 aliphatic carbocycles. The van der Waals surface area contributed by atoms with Gasteiger partial charge in [0.2, 0.25) is 0 Å². The van der Waals surface area contributed by atoms with Crippen molar-refractivity contribution in [1.29, 1.82) is 0 Å². The maximum absolute atomic E-state index is 10.1. The minimum atomic E-state index is -0.120. The fourth-order valence-corrected chi connectivity index (χ4v) is 4.01. The summed E-state index contributed by atoms with van der Waals surface area (Å²) in [6, 6.07) is 11.9. The summed E-state index contributed by atoms with van der Waals surface area (Å²) >= 11 is 6.12. The van der Waals surface area contributed by atoms with E-state index in [9.17, 15) is 5.11 Å². The van der Waals surface area contributed by atoms with Crippen molar-refractivity contribution in [2.45, 2.75) is 32.4 Å². The smallest absolute Gasteiger partial charge is 0.129 e. The van der Waals surface area contributed by atoms with Crippen molar-refractivity contribution in [2.24, 2.45) is 5.41 Å². The molecule has 25 heavy (non-hydrogen) atoms. The van der Waals surface area contributed by atoms with Crippen molar-refractivity contribution in [1.82, 2.24) is 4.90 Å². The highest BCUT2D eigenvalue weighted by molar-refractivity contribution is 6.30. The van der Waals surface area contributed by atoms with E-state index in [4.69, 9.17) is 20.8 Å². The number of benzene rings is 1. The zero-order valence-electron chi connectivity index (χ0n) is 14.7. The number of ether oxygens (including phenoxy) is 1. The number of hydrogen-bond donors (Lipinski definition) is 1. The molecule has 2 aromatic rings. The molecule has 1 aromatic heterocycles. The molecule has 0 saturated carbocycles. The van der Waals surface area contributed by atoms with Gasteiger partial charge >= 0.3 is 0 Å². The van der Waals surface area contributed by atoms with E-state index in [-0.39, 0.29) is 12.0 Å². The fraction of sp³-hybridized carbons (Fsp3) is 0.500. The summed E-state index contributed by atoms with van der Waals surface area (Å²) in [6.45, 7) is 3.33. The zero-order chi connectivity index (χ0) is 17.7. The molecule has 2 heterocycles. The second kappa shape index (κ2) is 8.37. The van der Waals surface area contributed by atoms with Crippen LogP contribution in [0.2, 0.25) is 5.02 Å². The SMILES string of the molecule is COCc1ccc(CN2CCC[C@@](CO)(Cc3cccc(Cl)c3)C2)o1. The Hall–Kier alpha value is -1.33. The van der Waals surface area contributed by atoms with Crippen LogP contribution in [0.1, 0.15) is 29.9 Å². The Balaban J connectivity index is 1.66. The molecule has 1 aliphatic rings. The number of furan rings is 1. The maximum atomic E-state index is 10.1. The van der Waals surface area contributed by atoms with Crippen LogP contribution in [0.5, 0.6) is 0 Å². The molecular formula is C20H26ClNO3. The van der Waals surface area contributed by atoms with Gasteiger partial charge in [0, 0.05) is 24.1 Å². The number of rotatable bonds is 7. The summed E-state index contributed by atoms with van der Waals surface area (Å²) in [5, 5.41) is 10.9. The average Bonchev–Trinajstić information content (AvgIpc) is 3.02. The molecular weight excluding hydrogens is 338 g/mol. The number of nitrogens with zero attached hydrogens (tertiary/aromatic N) is 1. The van der Waals surface area contributed by atoms with Gasteiger partial charge in [-0.05, 0) is 55.6 Å². The summed E-state index contributed by atoms with van der Waals surface area (Å²) < 4.78 is 10.9. The van der Waals surface area contributed by atoms with Gasteiger partial charge < -0.3 is 14.3 Å². The number of halogens is 1. The van der Waals surface area contributed by atoms with Crippen LogP contribution in [0.4, 0.5) is 0 Å². The Labute approximate surface area is 154 Å². The van der Waals surface area contributed by atoms with Crippen LogP contribution in [0.25, 0.3) is 0 Å². The van der Waals surface area contributed by atoms with Crippen LogP contribution in [0.3, 0.4) is 0 Å². The minimum absolute atomic E-state index is 0.120. The summed E-state index contributed by atoms with van der Waals surface area (Å²) in [6.07, 6.45) is 2.94. The molecule has 1 aromatic carbocycles. The molecule has 5 heteroatoms. The fourth-order valence-electron chi connectivity index (χ4n) is 3.80. The molecule has 0 spiro atoms. The van der Waals surface area contributed by atoms with Crippen molar-refractivity contribution in [3.05, 3.63) is 58.5 Å². The van der Waals surface area contributed by atoms with E-state index >= 15 is 0 Å². The lowest BCUT2D eigenvalue weighted by Crippen LogP contribution is -2.46. The number of aliphatic hydroxyl groups excluding tert-OH is 1. The molecule has 0 bridgehead atoms. The zero-order valence-corrected chi connectivity index (χ0v) is 15.5. The number of methoxy groups -OCH3 is 1. The van der Waals surface area contributed by atoms with Gasteiger partial charge in [0.1, 0.15) is 18.1 Å². The number of aliphatic hydroxyl groups is 1. The Bertz CT molecular complexity index is 687. The van der Waals surface area contributed by atoms with Gasteiger partial charge in [-0.1, -0.05) is 23.7 Å². The molecule has 3 rings (SSSR count). The third kappa shape index (κ3) is 4.85. The standard InChI is InChI=1S/C20H26ClNO3/c1-24-13-19-7-6-18(25-19)12-22-9-3-8-20(14-22,15-23)11-16-4-2-5-17(21)10-16/h2,4-7,10,23H,3,8-9,11-15H2,1H3/t20-/m1/s1. The van der Waals surface area contributed by atoms with Crippen LogP contribution < -0.4 is 0 Å². The van der Waals surface area contributed by atoms with Gasteiger partial charge in [0.15, 0.2) is 0 Å². The van der Waals surface area contributed by atoms with E-state index in [2.05, 4.69) is 11.0 Å². The average molecular weight is 364 g/mol. The van der Waals surface area contributed by atoms with Crippen LogP contribution >= 0.6 is 11.6 Å². The second-order valence-corrected chi connectivity index (χ2v) is 7.52. The Morgan fingerprint density at radius 1 is 1.28 bits per heavy atom. The minimum Gasteiger partial charge on any atom is -0.462 e. The molecule has 1 saturated heterocycles. The largest absolute Gasteiger partial charge is 0.462 e. The van der Waals surface area contributed by atoms with Gasteiger partial charge in [-0.2, -0.15) is 0 Å². The lowest BCUT2D eigenvalue weighted by Gasteiger charge is -2.41. The topological polar surface area (TPSA) is 45.8 Å². The van der Waals surface area contributed by atoms with E-state index in [1.54, 1.807) is 7.11 Å². The normalized spacial score (nSPS) is 21.6. The van der Waals surface area contributed by atoms with E-state index in [1.165, 1.54) is 5.56 Å². The molecule has 1 aliphatic heterocycles. The molecule has 4 nitrogen and oxygen atoms in total. The van der Waals surface area contributed by atoms with Crippen molar-refractivity contribution in [2.75, 3.05) is 26.8 Å². The molecule has 0 amide bonds. The van der Waals surface area contributed by atoms with E-state index < -0.39 is 0 Å². The van der Waals surface area contributed by atoms with Gasteiger partial charge in [0.25, 0.3) is 0 Å². The summed E-state index contributed by atoms with van der Waals surface area (Å²) in [5.41, 5.74) is 1.06. The summed E-state index contributed by atoms with van der Waals surface area (Å²) in [4.78, 5) is 2.37. The van der Waals surface area contributed by atoms with E-state index in [0.717, 1.165) is 55.4 Å². The molecule has 1 fully saturated rings. The molecule has 0 unspecified atom stereocenters. The van der Waals surface area contributed by atoms with Crippen LogP contribution in [-0.2, 0) is 24.3 Å². The lowest BCUT2D eigenvalue weighted by atomic mass is 9.75. The third-order valence-corrected chi connectivity index (χ3v) is 5.16. The number of hydrogen-bond acceptors (Lipinski definition) is 4. The predicted octanol–water partition coefficient (Wildman–Crippen LogP) is 3.90. The highest BCUT2D eigenvalue weighted by atomic mass is 35.5. The lowest BCUT2D eigenvalue weighted by molar-refractivity contribution is 0.0257. The van der Waals surface area contributed by atoms with Crippen molar-refractivity contribution < 1.29 is 14.3 Å². The van der Waals surface area contributed by atoms with Gasteiger partial charge in [0.05, 0.1) is 13.2 Å². The van der Waals surface area contributed by atoms with Crippen LogP contribution in [0.15, 0.2) is 40.8 Å². The Morgan fingerprint density at radius 3 is 2.88 bits per heavy atom. The quantitative estimate of drug-likeness (QED) is 0.810. The first-order valence-electron chi connectivity index (χ1n) is 8.77. The monoisotopic (exact) mass is 363 g/mol. The first-order chi connectivity index (χ1) is 12.1. The van der Waals surface area contributed by atoms with Crippen LogP contribution in [-0.4, -0.2) is 36.8 Å². The third-order valence-electron chi connectivity index (χ3n) is 4.93. The number of piperidine rings is 1. The first-order valence-corrected chi connectivity index (χ1v) is 9.14. The highest BCUT2D eigenvalue weighted by Crippen LogP contribution is 2.34. The van der Waals surface area contributed by atoms with E-state index in [1.807, 2.05) is 30.3 Å². The second-order valence-electron chi connectivity index (χ2n) is 7.08. The first kappa shape index (κ1) is 18.5. The molecule has 1 atom stereocenters. The maximum Gasteiger partial charge on any atom is 0.129 e. The van der Waals surface area contributed by atoms with Gasteiger partial charge in [-0.3, -0.25) is 4.90 Å².